The van der Waals surface area contributed by atoms with Crippen LogP contribution in [0.3, 0.4) is 0 Å². The molecule has 1 heterocycles. The molecule has 19 heavy (non-hydrogen) atoms. The van der Waals surface area contributed by atoms with E-state index in [2.05, 4.69) is 6.92 Å². The Morgan fingerprint density at radius 3 is 2.84 bits per heavy atom. The third-order valence-corrected chi connectivity index (χ3v) is 3.77. The number of likely N-dealkylation sites (N-methyl/N-ethyl adjacent to an activating group) is 1. The Balaban J connectivity index is 2.30. The van der Waals surface area contributed by atoms with Crippen molar-refractivity contribution in [2.24, 2.45) is 5.73 Å². The highest BCUT2D eigenvalue weighted by Crippen LogP contribution is 2.25. The van der Waals surface area contributed by atoms with Crippen LogP contribution in [0.1, 0.15) is 6.92 Å². The van der Waals surface area contributed by atoms with Gasteiger partial charge in [0.25, 0.3) is 0 Å². The van der Waals surface area contributed by atoms with Crippen LogP contribution in [0.2, 0.25) is 0 Å². The Hall–Kier alpha value is -1.59. The van der Waals surface area contributed by atoms with E-state index >= 15 is 0 Å². The van der Waals surface area contributed by atoms with Crippen molar-refractivity contribution in [2.45, 2.75) is 19.0 Å². The number of nitrogens with two attached hydrogens (primary N) is 1. The van der Waals surface area contributed by atoms with Gasteiger partial charge in [0.05, 0.1) is 7.11 Å². The van der Waals surface area contributed by atoms with Crippen LogP contribution in [0.5, 0.6) is 5.75 Å². The number of nitrogens with zero attached hydrogens (tertiary/aromatic N) is 2. The quantitative estimate of drug-likeness (QED) is 0.871. The van der Waals surface area contributed by atoms with Crippen molar-refractivity contribution in [2.75, 3.05) is 32.1 Å². The molecule has 0 aliphatic carbocycles. The van der Waals surface area contributed by atoms with Gasteiger partial charge >= 0.3 is 0 Å². The van der Waals surface area contributed by atoms with E-state index < -0.39 is 0 Å². The second-order valence-electron chi connectivity index (χ2n) is 4.92. The highest BCUT2D eigenvalue weighted by atomic mass is 16.5. The lowest BCUT2D eigenvalue weighted by molar-refractivity contribution is -0.126. The largest absolute Gasteiger partial charge is 0.497 e. The minimum Gasteiger partial charge on any atom is -0.497 e. The summed E-state index contributed by atoms with van der Waals surface area (Å²) in [5, 5.41) is 0. The second-order valence-corrected chi connectivity index (χ2v) is 4.92. The summed E-state index contributed by atoms with van der Waals surface area (Å²) in [7, 11) is 3.57. The molecule has 1 amide bonds. The number of methoxy groups -OCH3 is 1. The molecule has 5 heteroatoms. The first-order valence-electron chi connectivity index (χ1n) is 6.46. The van der Waals surface area contributed by atoms with Crippen molar-refractivity contribution >= 4 is 11.6 Å². The molecule has 2 N–H and O–H groups in total. The van der Waals surface area contributed by atoms with Crippen LogP contribution in [0.4, 0.5) is 5.69 Å². The molecule has 1 fully saturated rings. The van der Waals surface area contributed by atoms with Crippen LogP contribution in [-0.2, 0) is 4.79 Å². The first kappa shape index (κ1) is 13.8. The zero-order valence-electron chi connectivity index (χ0n) is 11.7. The first-order chi connectivity index (χ1) is 9.08. The summed E-state index contributed by atoms with van der Waals surface area (Å²) in [6.07, 6.45) is 0. The molecule has 0 radical (unpaired) electrons. The Kier molecular flexibility index (Phi) is 4.07. The van der Waals surface area contributed by atoms with Crippen molar-refractivity contribution in [3.05, 3.63) is 24.3 Å². The van der Waals surface area contributed by atoms with Gasteiger partial charge in [0.1, 0.15) is 11.8 Å². The van der Waals surface area contributed by atoms with Crippen molar-refractivity contribution in [3.8, 4) is 5.75 Å². The molecular weight excluding hydrogens is 242 g/mol. The molecule has 5 nitrogen and oxygen atoms in total. The number of rotatable bonds is 3. The minimum absolute atomic E-state index is 0.0522. The highest BCUT2D eigenvalue weighted by Gasteiger charge is 2.36. The van der Waals surface area contributed by atoms with E-state index in [4.69, 9.17) is 10.5 Å². The van der Waals surface area contributed by atoms with Gasteiger partial charge in [0, 0.05) is 30.9 Å². The molecule has 104 valence electrons. The van der Waals surface area contributed by atoms with E-state index in [0.29, 0.717) is 13.1 Å². The fourth-order valence-electron chi connectivity index (χ4n) is 2.42. The lowest BCUT2D eigenvalue weighted by Crippen LogP contribution is -2.62. The smallest absolute Gasteiger partial charge is 0.245 e. The van der Waals surface area contributed by atoms with Crippen molar-refractivity contribution in [3.63, 3.8) is 0 Å². The van der Waals surface area contributed by atoms with Crippen molar-refractivity contribution < 1.29 is 9.53 Å². The highest BCUT2D eigenvalue weighted by molar-refractivity contribution is 5.98. The summed E-state index contributed by atoms with van der Waals surface area (Å²) in [6.45, 7) is 3.10. The molecular formula is C14H21N3O2. The average molecular weight is 263 g/mol. The Morgan fingerprint density at radius 2 is 2.21 bits per heavy atom. The lowest BCUT2D eigenvalue weighted by Gasteiger charge is -2.42. The monoisotopic (exact) mass is 263 g/mol. The molecule has 0 aromatic heterocycles. The summed E-state index contributed by atoms with van der Waals surface area (Å²) in [4.78, 5) is 16.3. The van der Waals surface area contributed by atoms with Crippen molar-refractivity contribution in [1.29, 1.82) is 0 Å². The zero-order chi connectivity index (χ0) is 14.0. The molecule has 2 atom stereocenters. The second kappa shape index (κ2) is 5.59. The van der Waals surface area contributed by atoms with E-state index in [-0.39, 0.29) is 18.0 Å². The minimum atomic E-state index is -0.255. The number of anilines is 1. The Morgan fingerprint density at radius 1 is 1.47 bits per heavy atom. The number of carbonyl (C=O) groups excluding carboxylic acids is 1. The van der Waals surface area contributed by atoms with Crippen molar-refractivity contribution in [1.82, 2.24) is 4.90 Å². The molecule has 1 aliphatic heterocycles. The maximum absolute atomic E-state index is 12.5. The third-order valence-electron chi connectivity index (χ3n) is 3.77. The zero-order valence-corrected chi connectivity index (χ0v) is 11.7. The molecule has 1 aliphatic rings. The first-order valence-corrected chi connectivity index (χ1v) is 6.46. The molecule has 0 spiro atoms. The van der Waals surface area contributed by atoms with Gasteiger partial charge in [-0.25, -0.2) is 0 Å². The van der Waals surface area contributed by atoms with Gasteiger partial charge in [-0.15, -0.1) is 0 Å². The van der Waals surface area contributed by atoms with Gasteiger partial charge in [-0.05, 0) is 26.1 Å². The summed E-state index contributed by atoms with van der Waals surface area (Å²) in [6, 6.07) is 7.58. The number of hydrogen-bond acceptors (Lipinski definition) is 4. The fourth-order valence-corrected chi connectivity index (χ4v) is 2.42. The van der Waals surface area contributed by atoms with Gasteiger partial charge in [-0.1, -0.05) is 6.07 Å². The number of piperazine rings is 1. The average Bonchev–Trinajstić information content (AvgIpc) is 2.43. The topological polar surface area (TPSA) is 58.8 Å². The van der Waals surface area contributed by atoms with Crippen LogP contribution in [-0.4, -0.2) is 50.1 Å². The summed E-state index contributed by atoms with van der Waals surface area (Å²) in [5.74, 6) is 0.803. The molecule has 0 saturated carbocycles. The van der Waals surface area contributed by atoms with E-state index in [9.17, 15) is 4.79 Å². The molecule has 2 unspecified atom stereocenters. The molecule has 2 rings (SSSR count). The number of ether oxygens (including phenoxy) is 1. The standard InChI is InChI=1S/C14H21N3O2/c1-10-9-17(14(18)13(8-15)16(10)2)11-5-4-6-12(7-11)19-3/h4-7,10,13H,8-9,15H2,1-3H3. The van der Waals surface area contributed by atoms with Gasteiger partial charge < -0.3 is 15.4 Å². The molecule has 1 saturated heterocycles. The third kappa shape index (κ3) is 2.57. The van der Waals surface area contributed by atoms with Crippen LogP contribution < -0.4 is 15.4 Å². The Bertz CT molecular complexity index is 464. The molecule has 1 aromatic carbocycles. The van der Waals surface area contributed by atoms with Gasteiger partial charge in [0.15, 0.2) is 0 Å². The maximum atomic E-state index is 12.5. The van der Waals surface area contributed by atoms with Crippen LogP contribution in [0.15, 0.2) is 24.3 Å². The number of amides is 1. The van der Waals surface area contributed by atoms with E-state index in [0.717, 1.165) is 11.4 Å². The summed E-state index contributed by atoms with van der Waals surface area (Å²) >= 11 is 0. The summed E-state index contributed by atoms with van der Waals surface area (Å²) in [5.41, 5.74) is 6.59. The fraction of sp³-hybridized carbons (Fsp3) is 0.500. The number of benzene rings is 1. The maximum Gasteiger partial charge on any atom is 0.245 e. The Labute approximate surface area is 113 Å². The van der Waals surface area contributed by atoms with E-state index in [1.165, 1.54) is 0 Å². The van der Waals surface area contributed by atoms with E-state index in [1.807, 2.05) is 36.2 Å². The van der Waals surface area contributed by atoms with Crippen LogP contribution in [0, 0.1) is 0 Å². The number of carbonyl (C=O) groups is 1. The van der Waals surface area contributed by atoms with Gasteiger partial charge in [0.2, 0.25) is 5.91 Å². The van der Waals surface area contributed by atoms with Crippen LogP contribution in [0.25, 0.3) is 0 Å². The van der Waals surface area contributed by atoms with E-state index in [1.54, 1.807) is 12.0 Å². The SMILES string of the molecule is COc1cccc(N2CC(C)N(C)C(CN)C2=O)c1. The van der Waals surface area contributed by atoms with Crippen LogP contribution >= 0.6 is 0 Å². The number of hydrogen-bond donors (Lipinski definition) is 1. The van der Waals surface area contributed by atoms with Gasteiger partial charge in [-0.2, -0.15) is 0 Å². The molecule has 1 aromatic rings. The normalized spacial score (nSPS) is 24.6. The van der Waals surface area contributed by atoms with Gasteiger partial charge in [-0.3, -0.25) is 9.69 Å². The summed E-state index contributed by atoms with van der Waals surface area (Å²) < 4.78 is 5.21. The lowest BCUT2D eigenvalue weighted by atomic mass is 10.1. The molecule has 0 bridgehead atoms. The predicted octanol–water partition coefficient (Wildman–Crippen LogP) is 0.689. The predicted molar refractivity (Wildman–Crippen MR) is 75.4 cm³/mol.